The van der Waals surface area contributed by atoms with Crippen LogP contribution < -0.4 is 5.32 Å². The van der Waals surface area contributed by atoms with E-state index in [1.54, 1.807) is 0 Å². The normalized spacial score (nSPS) is 25.3. The maximum Gasteiger partial charge on any atom is 0.0139 e. The van der Waals surface area contributed by atoms with Crippen molar-refractivity contribution in [2.75, 3.05) is 0 Å². The molecular weight excluding hydrogens is 158 g/mol. The van der Waals surface area contributed by atoms with Crippen molar-refractivity contribution in [2.45, 2.75) is 57.5 Å². The number of nitrogens with one attached hydrogen (secondary N) is 1. The molecule has 2 aliphatic rings. The summed E-state index contributed by atoms with van der Waals surface area (Å²) in [6, 6.07) is 1.59. The van der Waals surface area contributed by atoms with Crippen molar-refractivity contribution in [3.8, 4) is 0 Å². The van der Waals surface area contributed by atoms with Crippen LogP contribution in [0.4, 0.5) is 0 Å². The summed E-state index contributed by atoms with van der Waals surface area (Å²) >= 11 is 0. The van der Waals surface area contributed by atoms with Crippen LogP contribution in [0.25, 0.3) is 0 Å². The lowest BCUT2D eigenvalue weighted by Crippen LogP contribution is -2.38. The SMILES string of the molecule is CCCC(NC1CC=CC1)C1CC1. The first-order valence-corrected chi connectivity index (χ1v) is 5.81. The molecule has 0 aromatic carbocycles. The van der Waals surface area contributed by atoms with Crippen LogP contribution in [0.15, 0.2) is 12.2 Å². The minimum absolute atomic E-state index is 0.761. The van der Waals surface area contributed by atoms with Crippen LogP contribution in [0.2, 0.25) is 0 Å². The average molecular weight is 179 g/mol. The van der Waals surface area contributed by atoms with Crippen LogP contribution in [0.5, 0.6) is 0 Å². The van der Waals surface area contributed by atoms with Crippen molar-refractivity contribution in [3.05, 3.63) is 12.2 Å². The van der Waals surface area contributed by atoms with Gasteiger partial charge >= 0.3 is 0 Å². The molecule has 0 bridgehead atoms. The maximum absolute atomic E-state index is 3.82. The van der Waals surface area contributed by atoms with Crippen molar-refractivity contribution in [3.63, 3.8) is 0 Å². The molecule has 1 nitrogen and oxygen atoms in total. The molecule has 0 radical (unpaired) electrons. The van der Waals surface area contributed by atoms with Gasteiger partial charge in [0, 0.05) is 12.1 Å². The van der Waals surface area contributed by atoms with Crippen LogP contribution in [-0.2, 0) is 0 Å². The molecule has 0 amide bonds. The van der Waals surface area contributed by atoms with Gasteiger partial charge < -0.3 is 5.32 Å². The number of hydrogen-bond donors (Lipinski definition) is 1. The fraction of sp³-hybridized carbons (Fsp3) is 0.833. The summed E-state index contributed by atoms with van der Waals surface area (Å²) in [4.78, 5) is 0. The molecule has 1 N–H and O–H groups in total. The summed E-state index contributed by atoms with van der Waals surface area (Å²) in [5.41, 5.74) is 0. The smallest absolute Gasteiger partial charge is 0.0139 e. The Morgan fingerprint density at radius 1 is 1.31 bits per heavy atom. The van der Waals surface area contributed by atoms with Crippen LogP contribution in [0.3, 0.4) is 0 Å². The van der Waals surface area contributed by atoms with Crippen molar-refractivity contribution in [2.24, 2.45) is 5.92 Å². The Morgan fingerprint density at radius 3 is 2.54 bits per heavy atom. The molecule has 1 fully saturated rings. The average Bonchev–Trinajstić information content (AvgIpc) is 2.85. The van der Waals surface area contributed by atoms with Gasteiger partial charge in [-0.05, 0) is 38.0 Å². The predicted octanol–water partition coefficient (Wildman–Crippen LogP) is 2.87. The lowest BCUT2D eigenvalue weighted by atomic mass is 10.1. The van der Waals surface area contributed by atoms with E-state index in [0.29, 0.717) is 0 Å². The van der Waals surface area contributed by atoms with Crippen LogP contribution >= 0.6 is 0 Å². The van der Waals surface area contributed by atoms with E-state index in [1.165, 1.54) is 38.5 Å². The summed E-state index contributed by atoms with van der Waals surface area (Å²) in [7, 11) is 0. The van der Waals surface area contributed by atoms with E-state index >= 15 is 0 Å². The fourth-order valence-corrected chi connectivity index (χ4v) is 2.32. The van der Waals surface area contributed by atoms with E-state index in [2.05, 4.69) is 24.4 Å². The first-order chi connectivity index (χ1) is 6.40. The van der Waals surface area contributed by atoms with Crippen LogP contribution in [-0.4, -0.2) is 12.1 Å². The highest BCUT2D eigenvalue weighted by Crippen LogP contribution is 2.35. The van der Waals surface area contributed by atoms with Gasteiger partial charge in [0.25, 0.3) is 0 Å². The Labute approximate surface area is 81.6 Å². The molecular formula is C12H21N. The predicted molar refractivity (Wildman–Crippen MR) is 56.7 cm³/mol. The van der Waals surface area contributed by atoms with Gasteiger partial charge in [-0.15, -0.1) is 0 Å². The zero-order valence-corrected chi connectivity index (χ0v) is 8.63. The molecule has 0 aromatic heterocycles. The monoisotopic (exact) mass is 179 g/mol. The van der Waals surface area contributed by atoms with Gasteiger partial charge in [-0.25, -0.2) is 0 Å². The van der Waals surface area contributed by atoms with Crippen LogP contribution in [0.1, 0.15) is 45.4 Å². The summed E-state index contributed by atoms with van der Waals surface area (Å²) in [6.07, 6.45) is 12.8. The fourth-order valence-electron chi connectivity index (χ4n) is 2.32. The standard InChI is InChI=1S/C12H21N/c1-2-5-12(10-8-9-10)13-11-6-3-4-7-11/h3-4,10-13H,2,5-9H2,1H3. The third kappa shape index (κ3) is 2.57. The van der Waals surface area contributed by atoms with Crippen molar-refractivity contribution >= 4 is 0 Å². The van der Waals surface area contributed by atoms with Gasteiger partial charge in [0.1, 0.15) is 0 Å². The minimum Gasteiger partial charge on any atom is -0.310 e. The second kappa shape index (κ2) is 4.28. The van der Waals surface area contributed by atoms with Crippen molar-refractivity contribution in [1.29, 1.82) is 0 Å². The molecule has 0 spiro atoms. The van der Waals surface area contributed by atoms with Gasteiger partial charge in [-0.1, -0.05) is 25.5 Å². The highest BCUT2D eigenvalue weighted by atomic mass is 15.0. The van der Waals surface area contributed by atoms with E-state index in [-0.39, 0.29) is 0 Å². The zero-order chi connectivity index (χ0) is 9.10. The van der Waals surface area contributed by atoms with Gasteiger partial charge in [-0.3, -0.25) is 0 Å². The van der Waals surface area contributed by atoms with Crippen molar-refractivity contribution in [1.82, 2.24) is 5.32 Å². The molecule has 1 atom stereocenters. The Hall–Kier alpha value is -0.300. The first-order valence-electron chi connectivity index (χ1n) is 5.81. The molecule has 2 rings (SSSR count). The molecule has 1 heteroatoms. The molecule has 13 heavy (non-hydrogen) atoms. The zero-order valence-electron chi connectivity index (χ0n) is 8.63. The molecule has 1 saturated carbocycles. The topological polar surface area (TPSA) is 12.0 Å². The highest BCUT2D eigenvalue weighted by Gasteiger charge is 2.31. The maximum atomic E-state index is 3.82. The largest absolute Gasteiger partial charge is 0.310 e. The Kier molecular flexibility index (Phi) is 3.05. The summed E-state index contributed by atoms with van der Waals surface area (Å²) in [5, 5.41) is 3.82. The molecule has 0 saturated heterocycles. The van der Waals surface area contributed by atoms with Gasteiger partial charge in [0.05, 0.1) is 0 Å². The third-order valence-electron chi connectivity index (χ3n) is 3.25. The summed E-state index contributed by atoms with van der Waals surface area (Å²) in [5.74, 6) is 1.01. The minimum atomic E-state index is 0.761. The van der Waals surface area contributed by atoms with E-state index in [1.807, 2.05) is 0 Å². The molecule has 0 aliphatic heterocycles. The Balaban J connectivity index is 1.75. The summed E-state index contributed by atoms with van der Waals surface area (Å²) in [6.45, 7) is 2.30. The summed E-state index contributed by atoms with van der Waals surface area (Å²) < 4.78 is 0. The highest BCUT2D eigenvalue weighted by molar-refractivity contribution is 5.00. The molecule has 2 aliphatic carbocycles. The van der Waals surface area contributed by atoms with E-state index in [4.69, 9.17) is 0 Å². The quantitative estimate of drug-likeness (QED) is 0.640. The van der Waals surface area contributed by atoms with E-state index in [9.17, 15) is 0 Å². The molecule has 0 heterocycles. The van der Waals surface area contributed by atoms with Crippen LogP contribution in [0, 0.1) is 5.92 Å². The van der Waals surface area contributed by atoms with Crippen molar-refractivity contribution < 1.29 is 0 Å². The lowest BCUT2D eigenvalue weighted by molar-refractivity contribution is 0.380. The van der Waals surface area contributed by atoms with Gasteiger partial charge in [0.15, 0.2) is 0 Å². The molecule has 74 valence electrons. The Morgan fingerprint density at radius 2 is 2.00 bits per heavy atom. The van der Waals surface area contributed by atoms with E-state index < -0.39 is 0 Å². The third-order valence-corrected chi connectivity index (χ3v) is 3.25. The first kappa shape index (κ1) is 9.26. The lowest BCUT2D eigenvalue weighted by Gasteiger charge is -2.22. The van der Waals surface area contributed by atoms with Gasteiger partial charge in [0.2, 0.25) is 0 Å². The number of hydrogen-bond acceptors (Lipinski definition) is 1. The number of rotatable bonds is 5. The van der Waals surface area contributed by atoms with E-state index in [0.717, 1.165) is 18.0 Å². The molecule has 1 unspecified atom stereocenters. The second-order valence-corrected chi connectivity index (χ2v) is 4.54. The van der Waals surface area contributed by atoms with Gasteiger partial charge in [-0.2, -0.15) is 0 Å². The molecule has 0 aromatic rings. The second-order valence-electron chi connectivity index (χ2n) is 4.54. The Bertz CT molecular complexity index is 174.